The first-order chi connectivity index (χ1) is 16.3. The van der Waals surface area contributed by atoms with Crippen LogP contribution in [-0.2, 0) is 13.1 Å². The first-order valence-corrected chi connectivity index (χ1v) is 11.0. The monoisotopic (exact) mass is 430 g/mol. The molecule has 0 aliphatic carbocycles. The third-order valence-electron chi connectivity index (χ3n) is 5.78. The van der Waals surface area contributed by atoms with Crippen LogP contribution in [-0.4, -0.2) is 25.1 Å². The first kappa shape index (κ1) is 19.4. The minimum atomic E-state index is 0.740. The summed E-state index contributed by atoms with van der Waals surface area (Å²) in [5.74, 6) is 0. The van der Waals surface area contributed by atoms with Crippen molar-refractivity contribution < 1.29 is 0 Å². The molecule has 6 nitrogen and oxygen atoms in total. The third kappa shape index (κ3) is 3.88. The molecule has 0 atom stereocenters. The Morgan fingerprint density at radius 1 is 0.758 bits per heavy atom. The highest BCUT2D eigenvalue weighted by Gasteiger charge is 2.14. The number of fused-ring (bicyclic) bond motifs is 2. The van der Waals surface area contributed by atoms with Gasteiger partial charge in [-0.2, -0.15) is 5.10 Å². The Hall–Kier alpha value is -4.29. The number of benzene rings is 2. The maximum Gasteiger partial charge on any atom is 0.135 e. The molecular formula is C27H22N6. The Labute approximate surface area is 190 Å². The summed E-state index contributed by atoms with van der Waals surface area (Å²) < 4.78 is 0. The summed E-state index contributed by atoms with van der Waals surface area (Å²) >= 11 is 0. The van der Waals surface area contributed by atoms with Crippen molar-refractivity contribution in [1.29, 1.82) is 0 Å². The van der Waals surface area contributed by atoms with Crippen LogP contribution in [0.4, 0.5) is 0 Å². The molecule has 0 unspecified atom stereocenters. The second-order valence-corrected chi connectivity index (χ2v) is 8.11. The van der Waals surface area contributed by atoms with Gasteiger partial charge in [-0.25, -0.2) is 4.98 Å². The molecule has 0 radical (unpaired) electrons. The number of hydrogen-bond acceptors (Lipinski definition) is 4. The smallest absolute Gasteiger partial charge is 0.135 e. The SMILES string of the molecule is c1ccc(CNCc2cncc(-c3ccc4[nH]nc(-c5cc6ccccc6[nH]5)c4n3)c2)cc1. The fourth-order valence-corrected chi connectivity index (χ4v) is 4.12. The Balaban J connectivity index is 1.28. The van der Waals surface area contributed by atoms with Crippen LogP contribution < -0.4 is 5.32 Å². The quantitative estimate of drug-likeness (QED) is 0.328. The predicted molar refractivity (Wildman–Crippen MR) is 131 cm³/mol. The van der Waals surface area contributed by atoms with Crippen LogP contribution in [0.25, 0.3) is 44.6 Å². The van der Waals surface area contributed by atoms with Gasteiger partial charge in [-0.1, -0.05) is 48.5 Å². The summed E-state index contributed by atoms with van der Waals surface area (Å²) in [6.07, 6.45) is 3.76. The third-order valence-corrected chi connectivity index (χ3v) is 5.78. The summed E-state index contributed by atoms with van der Waals surface area (Å²) in [7, 11) is 0. The van der Waals surface area contributed by atoms with Crippen molar-refractivity contribution in [2.24, 2.45) is 0 Å². The molecule has 2 aromatic carbocycles. The van der Waals surface area contributed by atoms with E-state index >= 15 is 0 Å². The van der Waals surface area contributed by atoms with E-state index in [1.54, 1.807) is 0 Å². The zero-order valence-corrected chi connectivity index (χ0v) is 17.9. The van der Waals surface area contributed by atoms with Crippen molar-refractivity contribution in [3.05, 3.63) is 102 Å². The van der Waals surface area contributed by atoms with Gasteiger partial charge in [0.1, 0.15) is 11.2 Å². The van der Waals surface area contributed by atoms with Crippen LogP contribution in [0.1, 0.15) is 11.1 Å². The molecule has 0 saturated carbocycles. The molecule has 0 amide bonds. The number of para-hydroxylation sites is 1. The van der Waals surface area contributed by atoms with E-state index in [-0.39, 0.29) is 0 Å². The van der Waals surface area contributed by atoms with Gasteiger partial charge in [-0.3, -0.25) is 10.1 Å². The number of nitrogens with one attached hydrogen (secondary N) is 3. The van der Waals surface area contributed by atoms with Gasteiger partial charge in [0.15, 0.2) is 0 Å². The number of hydrogen-bond donors (Lipinski definition) is 3. The maximum absolute atomic E-state index is 4.95. The highest BCUT2D eigenvalue weighted by Crippen LogP contribution is 2.29. The minimum Gasteiger partial charge on any atom is -0.353 e. The fraction of sp³-hybridized carbons (Fsp3) is 0.0741. The molecule has 0 saturated heterocycles. The highest BCUT2D eigenvalue weighted by atomic mass is 15.1. The fourth-order valence-electron chi connectivity index (χ4n) is 4.12. The molecule has 0 fully saturated rings. The zero-order chi connectivity index (χ0) is 22.0. The Kier molecular flexibility index (Phi) is 4.90. The van der Waals surface area contributed by atoms with Crippen LogP contribution in [0.3, 0.4) is 0 Å². The van der Waals surface area contributed by atoms with E-state index in [9.17, 15) is 0 Å². The molecule has 3 N–H and O–H groups in total. The van der Waals surface area contributed by atoms with Gasteiger partial charge in [-0.15, -0.1) is 0 Å². The lowest BCUT2D eigenvalue weighted by molar-refractivity contribution is 0.691. The van der Waals surface area contributed by atoms with E-state index in [1.807, 2.05) is 42.7 Å². The lowest BCUT2D eigenvalue weighted by Crippen LogP contribution is -2.12. The van der Waals surface area contributed by atoms with Crippen LogP contribution in [0.2, 0.25) is 0 Å². The Morgan fingerprint density at radius 2 is 1.61 bits per heavy atom. The largest absolute Gasteiger partial charge is 0.353 e. The highest BCUT2D eigenvalue weighted by molar-refractivity contribution is 5.94. The standard InChI is InChI=1S/C27H22N6/c1-2-6-18(7-3-1)14-28-15-19-12-21(17-29-16-19)23-10-11-24-26(31-23)27(33-32-24)25-13-20-8-4-5-9-22(20)30-25/h1-13,16-17,28,30H,14-15H2,(H,32,33). The molecular weight excluding hydrogens is 408 g/mol. The van der Waals surface area contributed by atoms with E-state index in [4.69, 9.17) is 4.98 Å². The number of nitrogens with zero attached hydrogens (tertiary/aromatic N) is 3. The van der Waals surface area contributed by atoms with Crippen molar-refractivity contribution in [3.8, 4) is 22.6 Å². The first-order valence-electron chi connectivity index (χ1n) is 11.0. The van der Waals surface area contributed by atoms with Crippen molar-refractivity contribution in [1.82, 2.24) is 30.5 Å². The van der Waals surface area contributed by atoms with E-state index in [0.717, 1.165) is 63.2 Å². The van der Waals surface area contributed by atoms with Gasteiger partial charge < -0.3 is 10.3 Å². The Morgan fingerprint density at radius 3 is 2.52 bits per heavy atom. The molecule has 0 aliphatic heterocycles. The van der Waals surface area contributed by atoms with Crippen molar-refractivity contribution in [2.45, 2.75) is 13.1 Å². The molecule has 160 valence electrons. The molecule has 6 aromatic rings. The van der Waals surface area contributed by atoms with Crippen LogP contribution in [0.15, 0.2) is 91.3 Å². The summed E-state index contributed by atoms with van der Waals surface area (Å²) in [5.41, 5.74) is 8.83. The van der Waals surface area contributed by atoms with Crippen molar-refractivity contribution in [2.75, 3.05) is 0 Å². The van der Waals surface area contributed by atoms with Crippen molar-refractivity contribution in [3.63, 3.8) is 0 Å². The lowest BCUT2D eigenvalue weighted by atomic mass is 10.1. The van der Waals surface area contributed by atoms with E-state index < -0.39 is 0 Å². The van der Waals surface area contributed by atoms with Gasteiger partial charge in [0, 0.05) is 41.9 Å². The molecule has 0 spiro atoms. The topological polar surface area (TPSA) is 82.3 Å². The second kappa shape index (κ2) is 8.33. The minimum absolute atomic E-state index is 0.740. The molecule has 0 aliphatic rings. The molecule has 6 heteroatoms. The van der Waals surface area contributed by atoms with Gasteiger partial charge in [0.25, 0.3) is 0 Å². The van der Waals surface area contributed by atoms with Crippen LogP contribution in [0.5, 0.6) is 0 Å². The molecule has 4 aromatic heterocycles. The number of aromatic amines is 2. The van der Waals surface area contributed by atoms with E-state index in [2.05, 4.69) is 74.0 Å². The molecule has 33 heavy (non-hydrogen) atoms. The van der Waals surface area contributed by atoms with Gasteiger partial charge in [0.2, 0.25) is 0 Å². The van der Waals surface area contributed by atoms with E-state index in [1.165, 1.54) is 5.56 Å². The van der Waals surface area contributed by atoms with Crippen molar-refractivity contribution >= 4 is 21.9 Å². The average Bonchev–Trinajstić information content (AvgIpc) is 3.48. The number of H-pyrrole nitrogens is 2. The van der Waals surface area contributed by atoms with E-state index in [0.29, 0.717) is 0 Å². The van der Waals surface area contributed by atoms with Crippen LogP contribution >= 0.6 is 0 Å². The maximum atomic E-state index is 4.95. The zero-order valence-electron chi connectivity index (χ0n) is 17.9. The predicted octanol–water partition coefficient (Wildman–Crippen LogP) is 5.46. The number of rotatable bonds is 6. The number of aromatic nitrogens is 5. The summed E-state index contributed by atoms with van der Waals surface area (Å²) in [5, 5.41) is 12.3. The summed E-state index contributed by atoms with van der Waals surface area (Å²) in [4.78, 5) is 12.9. The Bertz CT molecular complexity index is 1510. The average molecular weight is 431 g/mol. The molecule has 4 heterocycles. The van der Waals surface area contributed by atoms with Gasteiger partial charge in [0.05, 0.1) is 16.9 Å². The second-order valence-electron chi connectivity index (χ2n) is 8.11. The molecule has 0 bridgehead atoms. The lowest BCUT2D eigenvalue weighted by Gasteiger charge is -2.07. The summed E-state index contributed by atoms with van der Waals surface area (Å²) in [6, 6.07) is 26.9. The molecule has 6 rings (SSSR count). The normalized spacial score (nSPS) is 11.4. The van der Waals surface area contributed by atoms with Gasteiger partial charge >= 0.3 is 0 Å². The van der Waals surface area contributed by atoms with Crippen LogP contribution in [0, 0.1) is 0 Å². The number of pyridine rings is 2. The summed E-state index contributed by atoms with van der Waals surface area (Å²) in [6.45, 7) is 1.56. The van der Waals surface area contributed by atoms with Gasteiger partial charge in [-0.05, 0) is 41.5 Å².